The Hall–Kier alpha value is -1.62. The number of hydrogen-bond acceptors (Lipinski definition) is 4. The van der Waals surface area contributed by atoms with Gasteiger partial charge in [0.25, 0.3) is 5.91 Å². The Bertz CT molecular complexity index is 489. The van der Waals surface area contributed by atoms with E-state index in [0.29, 0.717) is 11.6 Å². The van der Waals surface area contributed by atoms with Crippen molar-refractivity contribution in [1.29, 1.82) is 0 Å². The van der Waals surface area contributed by atoms with Gasteiger partial charge in [-0.1, -0.05) is 13.3 Å². The number of anilines is 1. The van der Waals surface area contributed by atoms with E-state index in [1.165, 1.54) is 6.42 Å². The lowest BCUT2D eigenvalue weighted by Gasteiger charge is -2.19. The molecule has 2 N–H and O–H groups in total. The number of nitrogens with zero attached hydrogens (tertiary/aromatic N) is 2. The van der Waals surface area contributed by atoms with Gasteiger partial charge in [-0.3, -0.25) is 4.79 Å². The number of aryl methyl sites for hydroxylation is 1. The summed E-state index contributed by atoms with van der Waals surface area (Å²) in [5.74, 6) is 0.746. The van der Waals surface area contributed by atoms with E-state index in [9.17, 15) is 4.79 Å². The molecule has 2 rings (SSSR count). The number of nitrogens with one attached hydrogen (secondary N) is 2. The van der Waals surface area contributed by atoms with E-state index in [-0.39, 0.29) is 5.91 Å². The number of pyridine rings is 1. The zero-order valence-corrected chi connectivity index (χ0v) is 13.3. The molecule has 0 aromatic carbocycles. The molecule has 5 nitrogen and oxygen atoms in total. The van der Waals surface area contributed by atoms with Crippen LogP contribution in [0, 0.1) is 0 Å². The van der Waals surface area contributed by atoms with Crippen LogP contribution in [0.25, 0.3) is 0 Å². The van der Waals surface area contributed by atoms with Gasteiger partial charge >= 0.3 is 0 Å². The number of aromatic nitrogens is 1. The van der Waals surface area contributed by atoms with E-state index in [1.807, 2.05) is 19.2 Å². The Balaban J connectivity index is 2.02. The van der Waals surface area contributed by atoms with E-state index in [1.54, 1.807) is 0 Å². The molecule has 1 aromatic heterocycles. The molecular weight excluding hydrogens is 264 g/mol. The predicted molar refractivity (Wildman–Crippen MR) is 85.8 cm³/mol. The highest BCUT2D eigenvalue weighted by Gasteiger charge is 2.21. The Labute approximate surface area is 127 Å². The molecule has 0 saturated carbocycles. The summed E-state index contributed by atoms with van der Waals surface area (Å²) in [6, 6.07) is 4.18. The van der Waals surface area contributed by atoms with Crippen molar-refractivity contribution in [3.8, 4) is 0 Å². The summed E-state index contributed by atoms with van der Waals surface area (Å²) in [5, 5.41) is 6.08. The molecule has 0 bridgehead atoms. The second-order valence-corrected chi connectivity index (χ2v) is 5.72. The minimum absolute atomic E-state index is 0.00782. The van der Waals surface area contributed by atoms with Crippen LogP contribution < -0.4 is 10.6 Å². The number of likely N-dealkylation sites (N-methyl/N-ethyl adjacent to an activating group) is 1. The van der Waals surface area contributed by atoms with Crippen molar-refractivity contribution in [2.24, 2.45) is 0 Å². The standard InChI is InChI=1S/C16H26N4O/c1-4-6-13-9-12(10-15(17-2)19-13)16(21)18-11-14-7-5-8-20(14)3/h9-10,14H,4-8,11H2,1-3H3,(H,17,19)(H,18,21). The minimum Gasteiger partial charge on any atom is -0.373 e. The lowest BCUT2D eigenvalue weighted by atomic mass is 10.1. The minimum atomic E-state index is -0.00782. The van der Waals surface area contributed by atoms with E-state index < -0.39 is 0 Å². The Morgan fingerprint density at radius 2 is 2.29 bits per heavy atom. The van der Waals surface area contributed by atoms with Crippen molar-refractivity contribution in [3.63, 3.8) is 0 Å². The van der Waals surface area contributed by atoms with Gasteiger partial charge in [0.2, 0.25) is 0 Å². The molecular formula is C16H26N4O. The number of carbonyl (C=O) groups is 1. The van der Waals surface area contributed by atoms with E-state index in [2.05, 4.69) is 34.5 Å². The van der Waals surface area contributed by atoms with E-state index in [0.717, 1.165) is 43.9 Å². The van der Waals surface area contributed by atoms with Gasteiger partial charge in [-0.05, 0) is 45.0 Å². The van der Waals surface area contributed by atoms with Crippen molar-refractivity contribution in [3.05, 3.63) is 23.4 Å². The molecule has 1 atom stereocenters. The second kappa shape index (κ2) is 7.41. The number of hydrogen-bond donors (Lipinski definition) is 2. The molecule has 1 fully saturated rings. The van der Waals surface area contributed by atoms with Crippen molar-refractivity contribution >= 4 is 11.7 Å². The first kappa shape index (κ1) is 15.8. The Kier molecular flexibility index (Phi) is 5.56. The fraction of sp³-hybridized carbons (Fsp3) is 0.625. The van der Waals surface area contributed by atoms with Crippen LogP contribution in [0.3, 0.4) is 0 Å². The van der Waals surface area contributed by atoms with Gasteiger partial charge in [0.05, 0.1) is 0 Å². The maximum Gasteiger partial charge on any atom is 0.251 e. The number of rotatable bonds is 6. The van der Waals surface area contributed by atoms with Crippen LogP contribution in [0.15, 0.2) is 12.1 Å². The van der Waals surface area contributed by atoms with Crippen LogP contribution in [-0.4, -0.2) is 49.0 Å². The smallest absolute Gasteiger partial charge is 0.251 e. The average molecular weight is 290 g/mol. The van der Waals surface area contributed by atoms with Crippen LogP contribution >= 0.6 is 0 Å². The van der Waals surface area contributed by atoms with Crippen LogP contribution in [0.5, 0.6) is 0 Å². The fourth-order valence-electron chi connectivity index (χ4n) is 2.78. The topological polar surface area (TPSA) is 57.3 Å². The molecule has 1 aromatic rings. The Morgan fingerprint density at radius 3 is 2.90 bits per heavy atom. The van der Waals surface area contributed by atoms with Gasteiger partial charge in [0, 0.05) is 30.9 Å². The van der Waals surface area contributed by atoms with Crippen LogP contribution in [0.1, 0.15) is 42.2 Å². The van der Waals surface area contributed by atoms with Gasteiger partial charge in [-0.25, -0.2) is 4.98 Å². The zero-order valence-electron chi connectivity index (χ0n) is 13.3. The highest BCUT2D eigenvalue weighted by atomic mass is 16.1. The van der Waals surface area contributed by atoms with Crippen LogP contribution in [-0.2, 0) is 6.42 Å². The molecule has 2 heterocycles. The highest BCUT2D eigenvalue weighted by Crippen LogP contribution is 2.15. The molecule has 116 valence electrons. The first-order valence-electron chi connectivity index (χ1n) is 7.81. The first-order chi connectivity index (χ1) is 10.1. The lowest BCUT2D eigenvalue weighted by Crippen LogP contribution is -2.38. The van der Waals surface area contributed by atoms with Gasteiger partial charge in [0.15, 0.2) is 0 Å². The van der Waals surface area contributed by atoms with Crippen LogP contribution in [0.4, 0.5) is 5.82 Å². The van der Waals surface area contributed by atoms with E-state index in [4.69, 9.17) is 0 Å². The molecule has 1 amide bonds. The van der Waals surface area contributed by atoms with Crippen LogP contribution in [0.2, 0.25) is 0 Å². The molecule has 0 spiro atoms. The molecule has 1 saturated heterocycles. The summed E-state index contributed by atoms with van der Waals surface area (Å²) in [6.07, 6.45) is 4.29. The summed E-state index contributed by atoms with van der Waals surface area (Å²) in [5.41, 5.74) is 1.66. The molecule has 1 aliphatic rings. The molecule has 5 heteroatoms. The molecule has 0 aliphatic carbocycles. The third kappa shape index (κ3) is 4.17. The maximum absolute atomic E-state index is 12.3. The average Bonchev–Trinajstić information content (AvgIpc) is 2.90. The second-order valence-electron chi connectivity index (χ2n) is 5.72. The van der Waals surface area contributed by atoms with Gasteiger partial charge in [-0.2, -0.15) is 0 Å². The normalized spacial score (nSPS) is 18.7. The van der Waals surface area contributed by atoms with E-state index >= 15 is 0 Å². The van der Waals surface area contributed by atoms with Gasteiger partial charge in [-0.15, -0.1) is 0 Å². The summed E-state index contributed by atoms with van der Waals surface area (Å²) in [4.78, 5) is 19.1. The maximum atomic E-state index is 12.3. The lowest BCUT2D eigenvalue weighted by molar-refractivity contribution is 0.0943. The molecule has 21 heavy (non-hydrogen) atoms. The number of amides is 1. The van der Waals surface area contributed by atoms with Crippen molar-refractivity contribution in [2.75, 3.05) is 32.5 Å². The van der Waals surface area contributed by atoms with Gasteiger partial charge in [0.1, 0.15) is 5.82 Å². The number of likely N-dealkylation sites (tertiary alicyclic amines) is 1. The third-order valence-electron chi connectivity index (χ3n) is 4.07. The van der Waals surface area contributed by atoms with Crippen molar-refractivity contribution in [2.45, 2.75) is 38.6 Å². The third-order valence-corrected chi connectivity index (χ3v) is 4.07. The quantitative estimate of drug-likeness (QED) is 0.840. The zero-order chi connectivity index (χ0) is 15.2. The highest BCUT2D eigenvalue weighted by molar-refractivity contribution is 5.95. The molecule has 1 aliphatic heterocycles. The first-order valence-corrected chi connectivity index (χ1v) is 7.81. The number of carbonyl (C=O) groups excluding carboxylic acids is 1. The van der Waals surface area contributed by atoms with Crippen molar-refractivity contribution < 1.29 is 4.79 Å². The SMILES string of the molecule is CCCc1cc(C(=O)NCC2CCCN2C)cc(NC)n1. The largest absolute Gasteiger partial charge is 0.373 e. The van der Waals surface area contributed by atoms with Gasteiger partial charge < -0.3 is 15.5 Å². The Morgan fingerprint density at radius 1 is 1.48 bits per heavy atom. The summed E-state index contributed by atoms with van der Waals surface area (Å²) >= 11 is 0. The molecule has 0 radical (unpaired) electrons. The summed E-state index contributed by atoms with van der Waals surface area (Å²) in [7, 11) is 3.95. The summed E-state index contributed by atoms with van der Waals surface area (Å²) < 4.78 is 0. The monoisotopic (exact) mass is 290 g/mol. The fourth-order valence-corrected chi connectivity index (χ4v) is 2.78. The predicted octanol–water partition coefficient (Wildman–Crippen LogP) is 1.90. The van der Waals surface area contributed by atoms with Crippen molar-refractivity contribution in [1.82, 2.24) is 15.2 Å². The summed E-state index contributed by atoms with van der Waals surface area (Å²) in [6.45, 7) is 3.96. The molecule has 1 unspecified atom stereocenters.